The van der Waals surface area contributed by atoms with Crippen LogP contribution in [0, 0.1) is 5.92 Å². The highest BCUT2D eigenvalue weighted by Gasteiger charge is 2.25. The van der Waals surface area contributed by atoms with Gasteiger partial charge >= 0.3 is 12.0 Å². The number of nitrogens with zero attached hydrogens (tertiary/aromatic N) is 1. The van der Waals surface area contributed by atoms with E-state index in [1.165, 1.54) is 14.0 Å². The van der Waals surface area contributed by atoms with Gasteiger partial charge in [-0.15, -0.1) is 0 Å². The second kappa shape index (κ2) is 14.7. The number of rotatable bonds is 8. The molecular formula is C31H37N3O5. The SMILES string of the molecule is CC(CC(=O)c1ccc(C2=CC=CC(NC(=O)N3CCC(Oc4ccccc4)CC3)C=C2)cc1)C(=O)O.CN. The van der Waals surface area contributed by atoms with Gasteiger partial charge in [0.05, 0.1) is 12.0 Å². The molecule has 1 aliphatic carbocycles. The van der Waals surface area contributed by atoms with Crippen LogP contribution in [0.3, 0.4) is 0 Å². The van der Waals surface area contributed by atoms with Gasteiger partial charge < -0.3 is 25.8 Å². The van der Waals surface area contributed by atoms with Gasteiger partial charge in [0.2, 0.25) is 0 Å². The minimum atomic E-state index is -0.978. The Morgan fingerprint density at radius 2 is 1.69 bits per heavy atom. The summed E-state index contributed by atoms with van der Waals surface area (Å²) in [4.78, 5) is 38.0. The maximum atomic E-state index is 12.8. The number of carboxylic acid groups (broad SMARTS) is 1. The third-order valence-corrected chi connectivity index (χ3v) is 6.60. The zero-order valence-electron chi connectivity index (χ0n) is 22.5. The number of carbonyl (C=O) groups excluding carboxylic acids is 2. The molecule has 206 valence electrons. The van der Waals surface area contributed by atoms with Crippen LogP contribution >= 0.6 is 0 Å². The van der Waals surface area contributed by atoms with Gasteiger partial charge in [0.15, 0.2) is 5.78 Å². The molecular weight excluding hydrogens is 494 g/mol. The van der Waals surface area contributed by atoms with E-state index in [9.17, 15) is 14.4 Å². The number of amides is 2. The van der Waals surface area contributed by atoms with Crippen molar-refractivity contribution < 1.29 is 24.2 Å². The van der Waals surface area contributed by atoms with E-state index < -0.39 is 11.9 Å². The number of hydrogen-bond acceptors (Lipinski definition) is 5. The van der Waals surface area contributed by atoms with Crippen LogP contribution in [0.2, 0.25) is 0 Å². The summed E-state index contributed by atoms with van der Waals surface area (Å²) >= 11 is 0. The Morgan fingerprint density at radius 3 is 2.33 bits per heavy atom. The molecule has 2 aromatic rings. The number of para-hydroxylation sites is 1. The first-order chi connectivity index (χ1) is 18.9. The molecule has 1 heterocycles. The summed E-state index contributed by atoms with van der Waals surface area (Å²) in [6.45, 7) is 2.81. The van der Waals surface area contributed by atoms with Gasteiger partial charge in [0, 0.05) is 37.9 Å². The topological polar surface area (TPSA) is 122 Å². The van der Waals surface area contributed by atoms with Gasteiger partial charge in [0.25, 0.3) is 0 Å². The molecule has 1 aliphatic heterocycles. The first kappa shape index (κ1) is 29.4. The molecule has 4 N–H and O–H groups in total. The molecule has 0 saturated carbocycles. The first-order valence-electron chi connectivity index (χ1n) is 13.2. The lowest BCUT2D eigenvalue weighted by Crippen LogP contribution is -2.48. The summed E-state index contributed by atoms with van der Waals surface area (Å²) in [5.74, 6) is -1.03. The summed E-state index contributed by atoms with van der Waals surface area (Å²) in [5.41, 5.74) is 6.87. The van der Waals surface area contributed by atoms with E-state index in [-0.39, 0.29) is 30.4 Å². The lowest BCUT2D eigenvalue weighted by molar-refractivity contribution is -0.141. The fraction of sp³-hybridized carbons (Fsp3) is 0.323. The Balaban J connectivity index is 0.00000205. The Morgan fingerprint density at radius 1 is 1.03 bits per heavy atom. The Bertz CT molecular complexity index is 1200. The molecule has 2 aromatic carbocycles. The molecule has 0 bridgehead atoms. The normalized spacial score (nSPS) is 17.7. The highest BCUT2D eigenvalue weighted by Crippen LogP contribution is 2.22. The first-order valence-corrected chi connectivity index (χ1v) is 13.2. The molecule has 2 amide bonds. The summed E-state index contributed by atoms with van der Waals surface area (Å²) in [7, 11) is 1.50. The van der Waals surface area contributed by atoms with Crippen molar-refractivity contribution in [2.45, 2.75) is 38.3 Å². The van der Waals surface area contributed by atoms with Gasteiger partial charge in [-0.1, -0.05) is 79.8 Å². The standard InChI is InChI=1S/C30H32N2O5.CH5N/c1-21(29(34)35)20-28(33)24-12-10-23(11-13-24)22-6-5-7-25(15-14-22)31-30(36)32-18-16-27(17-19-32)37-26-8-3-2-4-9-26;1-2/h2-15,21,25,27H,16-20H2,1H3,(H,31,36)(H,34,35);2H2,1H3. The van der Waals surface area contributed by atoms with Crippen LogP contribution in [-0.4, -0.2) is 60.1 Å². The minimum Gasteiger partial charge on any atom is -0.490 e. The number of hydrogen-bond donors (Lipinski definition) is 3. The number of allylic oxidation sites excluding steroid dienone is 4. The Labute approximate surface area is 229 Å². The molecule has 8 heteroatoms. The monoisotopic (exact) mass is 531 g/mol. The van der Waals surface area contributed by atoms with Crippen LogP contribution in [0.4, 0.5) is 4.79 Å². The summed E-state index contributed by atoms with van der Waals surface area (Å²) in [6.07, 6.45) is 11.3. The van der Waals surface area contributed by atoms with Gasteiger partial charge in [0.1, 0.15) is 11.9 Å². The number of urea groups is 1. The van der Waals surface area contributed by atoms with E-state index in [4.69, 9.17) is 9.84 Å². The minimum absolute atomic E-state index is 0.0287. The largest absolute Gasteiger partial charge is 0.490 e. The van der Waals surface area contributed by atoms with E-state index in [1.54, 1.807) is 12.1 Å². The van der Waals surface area contributed by atoms with Crippen LogP contribution in [0.1, 0.15) is 42.1 Å². The van der Waals surface area contributed by atoms with Gasteiger partial charge in [-0.3, -0.25) is 9.59 Å². The molecule has 2 unspecified atom stereocenters. The molecule has 0 spiro atoms. The van der Waals surface area contributed by atoms with Gasteiger partial charge in [-0.05, 0) is 30.3 Å². The fourth-order valence-corrected chi connectivity index (χ4v) is 4.33. The zero-order chi connectivity index (χ0) is 28.2. The van der Waals surface area contributed by atoms with E-state index in [1.807, 2.05) is 77.7 Å². The number of benzene rings is 2. The molecule has 1 saturated heterocycles. The number of Topliss-reactive ketones (excluding diaryl/α,β-unsaturated/α-hetero) is 1. The number of aliphatic carboxylic acids is 1. The number of nitrogens with two attached hydrogens (primary N) is 1. The van der Waals surface area contributed by atoms with Crippen LogP contribution in [-0.2, 0) is 4.79 Å². The van der Waals surface area contributed by atoms with Crippen LogP contribution in [0.25, 0.3) is 5.57 Å². The van der Waals surface area contributed by atoms with Crippen molar-refractivity contribution in [3.63, 3.8) is 0 Å². The smallest absolute Gasteiger partial charge is 0.318 e. The number of ketones is 1. The second-order valence-electron chi connectivity index (χ2n) is 9.40. The number of likely N-dealkylation sites (tertiary alicyclic amines) is 1. The number of ether oxygens (including phenoxy) is 1. The van der Waals surface area contributed by atoms with E-state index in [0.29, 0.717) is 18.7 Å². The molecule has 1 fully saturated rings. The Hall–Kier alpha value is -4.17. The van der Waals surface area contributed by atoms with Gasteiger partial charge in [-0.2, -0.15) is 0 Å². The highest BCUT2D eigenvalue weighted by atomic mass is 16.5. The number of piperidine rings is 1. The molecule has 2 aliphatic rings. The second-order valence-corrected chi connectivity index (χ2v) is 9.40. The molecule has 4 rings (SSSR count). The van der Waals surface area contributed by atoms with Gasteiger partial charge in [-0.25, -0.2) is 4.79 Å². The van der Waals surface area contributed by atoms with Crippen molar-refractivity contribution in [3.05, 3.63) is 96.1 Å². The maximum absolute atomic E-state index is 12.8. The number of carboxylic acids is 1. The maximum Gasteiger partial charge on any atom is 0.318 e. The van der Waals surface area contributed by atoms with Crippen LogP contribution in [0.15, 0.2) is 85.0 Å². The average Bonchev–Trinajstić information content (AvgIpc) is 3.20. The quantitative estimate of drug-likeness (QED) is 0.425. The molecule has 0 radical (unpaired) electrons. The van der Waals surface area contributed by atoms with Crippen LogP contribution < -0.4 is 15.8 Å². The third-order valence-electron chi connectivity index (χ3n) is 6.60. The van der Waals surface area contributed by atoms with Crippen LogP contribution in [0.5, 0.6) is 5.75 Å². The molecule has 39 heavy (non-hydrogen) atoms. The highest BCUT2D eigenvalue weighted by molar-refractivity contribution is 5.98. The van der Waals surface area contributed by atoms with Crippen molar-refractivity contribution in [2.75, 3.05) is 20.1 Å². The van der Waals surface area contributed by atoms with Crippen molar-refractivity contribution in [2.24, 2.45) is 11.7 Å². The number of carbonyl (C=O) groups is 3. The third kappa shape index (κ3) is 8.68. The van der Waals surface area contributed by atoms with E-state index in [0.717, 1.165) is 29.7 Å². The summed E-state index contributed by atoms with van der Waals surface area (Å²) < 4.78 is 6.02. The molecule has 2 atom stereocenters. The van der Waals surface area contributed by atoms with Crippen molar-refractivity contribution in [3.8, 4) is 5.75 Å². The molecule has 0 aromatic heterocycles. The average molecular weight is 532 g/mol. The summed E-state index contributed by atoms with van der Waals surface area (Å²) in [6, 6.07) is 16.6. The lowest BCUT2D eigenvalue weighted by Gasteiger charge is -2.32. The number of nitrogens with one attached hydrogen (secondary N) is 1. The van der Waals surface area contributed by atoms with Crippen molar-refractivity contribution >= 4 is 23.4 Å². The zero-order valence-corrected chi connectivity index (χ0v) is 22.5. The van der Waals surface area contributed by atoms with E-state index in [2.05, 4.69) is 11.1 Å². The Kier molecular flexibility index (Phi) is 11.1. The fourth-order valence-electron chi connectivity index (χ4n) is 4.33. The summed E-state index contributed by atoms with van der Waals surface area (Å²) in [5, 5.41) is 12.1. The van der Waals surface area contributed by atoms with Crippen molar-refractivity contribution in [1.82, 2.24) is 10.2 Å². The lowest BCUT2D eigenvalue weighted by atomic mass is 9.97. The predicted molar refractivity (Wildman–Crippen MR) is 153 cm³/mol. The predicted octanol–water partition coefficient (Wildman–Crippen LogP) is 4.69. The molecule has 8 nitrogen and oxygen atoms in total. The van der Waals surface area contributed by atoms with E-state index >= 15 is 0 Å². The van der Waals surface area contributed by atoms with Crippen molar-refractivity contribution in [1.29, 1.82) is 0 Å².